The molecule has 0 bridgehead atoms. The van der Waals surface area contributed by atoms with Crippen molar-refractivity contribution in [2.24, 2.45) is 5.92 Å². The molecule has 0 saturated carbocycles. The minimum absolute atomic E-state index is 0.00105. The lowest BCUT2D eigenvalue weighted by Crippen LogP contribution is -2.41. The van der Waals surface area contributed by atoms with Crippen LogP contribution in [0, 0.1) is 5.92 Å². The van der Waals surface area contributed by atoms with Crippen LogP contribution < -0.4 is 10.1 Å². The Kier molecular flexibility index (Phi) is 7.55. The molecule has 2 aromatic heterocycles. The molecule has 1 fully saturated rings. The molecule has 0 spiro atoms. The van der Waals surface area contributed by atoms with Gasteiger partial charge in [-0.15, -0.1) is 11.3 Å². The highest BCUT2D eigenvalue weighted by molar-refractivity contribution is 7.10. The maximum absolute atomic E-state index is 12.5. The summed E-state index contributed by atoms with van der Waals surface area (Å²) >= 11 is 1.76. The Hall–Kier alpha value is -2.71. The molecule has 170 valence electrons. The second-order valence-corrected chi connectivity index (χ2v) is 9.27. The maximum Gasteiger partial charge on any atom is 0.227 e. The van der Waals surface area contributed by atoms with Gasteiger partial charge in [-0.3, -0.25) is 9.69 Å². The fourth-order valence-electron chi connectivity index (χ4n) is 3.96. The number of rotatable bonds is 9. The molecule has 1 saturated heterocycles. The van der Waals surface area contributed by atoms with Crippen LogP contribution in [-0.4, -0.2) is 47.7 Å². The molecule has 1 aliphatic heterocycles. The Morgan fingerprint density at radius 2 is 2.06 bits per heavy atom. The predicted molar refractivity (Wildman–Crippen MR) is 125 cm³/mol. The van der Waals surface area contributed by atoms with Crippen LogP contribution in [0.3, 0.4) is 0 Å². The molecule has 7 nitrogen and oxygen atoms in total. The van der Waals surface area contributed by atoms with Gasteiger partial charge in [0.25, 0.3) is 0 Å². The molecule has 1 N–H and O–H groups in total. The van der Waals surface area contributed by atoms with Crippen molar-refractivity contribution in [3.63, 3.8) is 0 Å². The van der Waals surface area contributed by atoms with Crippen LogP contribution in [0.4, 0.5) is 0 Å². The van der Waals surface area contributed by atoms with E-state index in [1.165, 1.54) is 17.7 Å². The Balaban J connectivity index is 1.29. The lowest BCUT2D eigenvalue weighted by Gasteiger charge is -2.36. The lowest BCUT2D eigenvalue weighted by atomic mass is 9.97. The zero-order chi connectivity index (χ0) is 22.3. The standard InChI is InChI=1S/C24H30N4O3S/c1-17-11-13-28(14-12-17)20(21-4-3-15-32-21)16-25-22(29)9-10-23-26-24(27-31-23)18-5-7-19(30-2)8-6-18/h3-8,15,17,20H,9-14,16H2,1-2H3,(H,25,29). The van der Waals surface area contributed by atoms with E-state index < -0.39 is 0 Å². The van der Waals surface area contributed by atoms with Crippen molar-refractivity contribution in [1.29, 1.82) is 0 Å². The molecule has 1 aliphatic rings. The monoisotopic (exact) mass is 454 g/mol. The van der Waals surface area contributed by atoms with Crippen molar-refractivity contribution < 1.29 is 14.1 Å². The summed E-state index contributed by atoms with van der Waals surface area (Å²) in [5, 5.41) is 9.26. The number of carbonyl (C=O) groups is 1. The van der Waals surface area contributed by atoms with Crippen molar-refractivity contribution in [3.05, 3.63) is 52.5 Å². The highest BCUT2D eigenvalue weighted by atomic mass is 32.1. The van der Waals surface area contributed by atoms with E-state index in [0.29, 0.717) is 31.1 Å². The number of aryl methyl sites for hydroxylation is 1. The Bertz CT molecular complexity index is 979. The summed E-state index contributed by atoms with van der Waals surface area (Å²) in [4.78, 5) is 20.8. The predicted octanol–water partition coefficient (Wildman–Crippen LogP) is 4.33. The fraction of sp³-hybridized carbons (Fsp3) is 0.458. The fourth-order valence-corrected chi connectivity index (χ4v) is 4.82. The summed E-state index contributed by atoms with van der Waals surface area (Å²) in [6.07, 6.45) is 3.16. The molecular formula is C24H30N4O3S. The number of aromatic nitrogens is 2. The van der Waals surface area contributed by atoms with Gasteiger partial charge in [0.05, 0.1) is 13.2 Å². The smallest absolute Gasteiger partial charge is 0.227 e. The molecule has 4 rings (SSSR count). The number of nitrogens with zero attached hydrogens (tertiary/aromatic N) is 3. The number of ether oxygens (including phenoxy) is 1. The van der Waals surface area contributed by atoms with Crippen LogP contribution in [0.25, 0.3) is 11.4 Å². The van der Waals surface area contributed by atoms with Gasteiger partial charge in [-0.25, -0.2) is 0 Å². The average molecular weight is 455 g/mol. The van der Waals surface area contributed by atoms with Crippen molar-refractivity contribution in [3.8, 4) is 17.1 Å². The first kappa shape index (κ1) is 22.5. The summed E-state index contributed by atoms with van der Waals surface area (Å²) < 4.78 is 10.5. The Morgan fingerprint density at radius 1 is 1.28 bits per heavy atom. The molecule has 3 heterocycles. The van der Waals surface area contributed by atoms with Crippen molar-refractivity contribution in [2.45, 2.75) is 38.6 Å². The van der Waals surface area contributed by atoms with Gasteiger partial charge in [-0.1, -0.05) is 18.1 Å². The van der Waals surface area contributed by atoms with E-state index in [-0.39, 0.29) is 11.9 Å². The molecule has 1 aromatic carbocycles. The Morgan fingerprint density at radius 3 is 2.75 bits per heavy atom. The van der Waals surface area contributed by atoms with Crippen molar-refractivity contribution >= 4 is 17.2 Å². The molecule has 1 atom stereocenters. The third-order valence-corrected chi connectivity index (χ3v) is 6.98. The van der Waals surface area contributed by atoms with E-state index >= 15 is 0 Å². The van der Waals surface area contributed by atoms with Gasteiger partial charge in [0.15, 0.2) is 0 Å². The maximum atomic E-state index is 12.5. The van der Waals surface area contributed by atoms with Gasteiger partial charge in [0.1, 0.15) is 5.75 Å². The van der Waals surface area contributed by atoms with E-state index in [0.717, 1.165) is 30.3 Å². The largest absolute Gasteiger partial charge is 0.497 e. The van der Waals surface area contributed by atoms with E-state index in [4.69, 9.17) is 9.26 Å². The van der Waals surface area contributed by atoms with E-state index in [1.807, 2.05) is 24.3 Å². The van der Waals surface area contributed by atoms with Gasteiger partial charge in [-0.2, -0.15) is 4.98 Å². The number of benzene rings is 1. The molecule has 32 heavy (non-hydrogen) atoms. The third kappa shape index (κ3) is 5.75. The summed E-state index contributed by atoms with van der Waals surface area (Å²) in [6, 6.07) is 11.9. The van der Waals surface area contributed by atoms with Gasteiger partial charge < -0.3 is 14.6 Å². The summed E-state index contributed by atoms with van der Waals surface area (Å²) in [5.41, 5.74) is 0.847. The molecular weight excluding hydrogens is 424 g/mol. The number of nitrogens with one attached hydrogen (secondary N) is 1. The number of hydrogen-bond donors (Lipinski definition) is 1. The zero-order valence-electron chi connectivity index (χ0n) is 18.6. The van der Waals surface area contributed by atoms with Crippen LogP contribution in [0.2, 0.25) is 0 Å². The van der Waals surface area contributed by atoms with Crippen LogP contribution in [0.1, 0.15) is 43.0 Å². The minimum Gasteiger partial charge on any atom is -0.497 e. The highest BCUT2D eigenvalue weighted by Crippen LogP contribution is 2.29. The van der Waals surface area contributed by atoms with E-state index in [2.05, 4.69) is 44.8 Å². The van der Waals surface area contributed by atoms with Gasteiger partial charge >= 0.3 is 0 Å². The molecule has 0 aliphatic carbocycles. The normalized spacial score (nSPS) is 16.1. The van der Waals surface area contributed by atoms with Gasteiger partial charge in [0, 0.05) is 29.8 Å². The third-order valence-electron chi connectivity index (χ3n) is 6.01. The van der Waals surface area contributed by atoms with Gasteiger partial charge in [0.2, 0.25) is 17.6 Å². The number of likely N-dealkylation sites (tertiary alicyclic amines) is 1. The van der Waals surface area contributed by atoms with Crippen LogP contribution in [-0.2, 0) is 11.2 Å². The van der Waals surface area contributed by atoms with Crippen LogP contribution in [0.15, 0.2) is 46.3 Å². The Labute approximate surface area is 192 Å². The molecule has 1 unspecified atom stereocenters. The van der Waals surface area contributed by atoms with Crippen LogP contribution in [0.5, 0.6) is 5.75 Å². The number of methoxy groups -OCH3 is 1. The number of hydrogen-bond acceptors (Lipinski definition) is 7. The molecule has 8 heteroatoms. The van der Waals surface area contributed by atoms with Gasteiger partial charge in [-0.05, 0) is 67.6 Å². The zero-order valence-corrected chi connectivity index (χ0v) is 19.4. The van der Waals surface area contributed by atoms with Crippen molar-refractivity contribution in [1.82, 2.24) is 20.4 Å². The number of thiophene rings is 1. The molecule has 1 amide bonds. The first-order chi connectivity index (χ1) is 15.6. The quantitative estimate of drug-likeness (QED) is 0.518. The lowest BCUT2D eigenvalue weighted by molar-refractivity contribution is -0.121. The average Bonchev–Trinajstić information content (AvgIpc) is 3.52. The van der Waals surface area contributed by atoms with E-state index in [9.17, 15) is 4.79 Å². The number of carbonyl (C=O) groups excluding carboxylic acids is 1. The van der Waals surface area contributed by atoms with Crippen molar-refractivity contribution in [2.75, 3.05) is 26.7 Å². The van der Waals surface area contributed by atoms with E-state index in [1.54, 1.807) is 18.4 Å². The second-order valence-electron chi connectivity index (χ2n) is 8.29. The number of piperidine rings is 1. The van der Waals surface area contributed by atoms with Crippen LogP contribution >= 0.6 is 11.3 Å². The first-order valence-corrected chi connectivity index (χ1v) is 12.0. The second kappa shape index (κ2) is 10.7. The summed E-state index contributed by atoms with van der Waals surface area (Å²) in [6.45, 7) is 5.09. The molecule has 0 radical (unpaired) electrons. The SMILES string of the molecule is COc1ccc(-c2noc(CCC(=O)NCC(c3cccs3)N3CCC(C)CC3)n2)cc1. The highest BCUT2D eigenvalue weighted by Gasteiger charge is 2.25. The topological polar surface area (TPSA) is 80.5 Å². The summed E-state index contributed by atoms with van der Waals surface area (Å²) in [5.74, 6) is 2.53. The minimum atomic E-state index is 0.00105. The summed E-state index contributed by atoms with van der Waals surface area (Å²) in [7, 11) is 1.63. The molecule has 3 aromatic rings. The first-order valence-electron chi connectivity index (χ1n) is 11.1. The number of amides is 1.